The van der Waals surface area contributed by atoms with E-state index in [0.29, 0.717) is 19.4 Å². The van der Waals surface area contributed by atoms with E-state index < -0.39 is 21.6 Å². The molecule has 2 aliphatic rings. The monoisotopic (exact) mass is 384 g/mol. The highest BCUT2D eigenvalue weighted by Gasteiger charge is 2.55. The molecule has 0 N–H and O–H groups in total. The number of anilines is 1. The standard InChI is InChI=1S/C21H24N2O3S/c1-17-10-12-19(13-11-17)27(25,26)23-20(24)22(18-8-4-2-5-9-18)16-21(23)14-6-3-7-15-21/h2,4-5,8-13H,3,6-7,14-16H2,1H3. The molecule has 1 spiro atoms. The summed E-state index contributed by atoms with van der Waals surface area (Å²) in [6, 6.07) is 15.6. The number of urea groups is 1. The lowest BCUT2D eigenvalue weighted by atomic mass is 9.82. The molecule has 1 aliphatic carbocycles. The molecule has 2 aromatic carbocycles. The Morgan fingerprint density at radius 1 is 0.889 bits per heavy atom. The number of carbonyl (C=O) groups is 1. The van der Waals surface area contributed by atoms with Crippen molar-refractivity contribution in [3.8, 4) is 0 Å². The first-order chi connectivity index (χ1) is 12.9. The van der Waals surface area contributed by atoms with Gasteiger partial charge in [0.1, 0.15) is 0 Å². The first kappa shape index (κ1) is 18.0. The molecule has 0 radical (unpaired) electrons. The highest BCUT2D eigenvalue weighted by molar-refractivity contribution is 7.89. The van der Waals surface area contributed by atoms with E-state index >= 15 is 0 Å². The molecule has 27 heavy (non-hydrogen) atoms. The van der Waals surface area contributed by atoms with Gasteiger partial charge in [-0.1, -0.05) is 55.2 Å². The third-order valence-corrected chi connectivity index (χ3v) is 7.59. The van der Waals surface area contributed by atoms with Gasteiger partial charge in [0.25, 0.3) is 10.0 Å². The minimum Gasteiger partial charge on any atom is -0.291 e. The van der Waals surface area contributed by atoms with E-state index in [9.17, 15) is 13.2 Å². The van der Waals surface area contributed by atoms with Gasteiger partial charge in [0.15, 0.2) is 0 Å². The van der Waals surface area contributed by atoms with Gasteiger partial charge in [0.2, 0.25) is 0 Å². The maximum atomic E-state index is 13.5. The van der Waals surface area contributed by atoms with Gasteiger partial charge in [-0.05, 0) is 44.0 Å². The van der Waals surface area contributed by atoms with Gasteiger partial charge in [-0.2, -0.15) is 0 Å². The number of carbonyl (C=O) groups excluding carboxylic acids is 1. The van der Waals surface area contributed by atoms with Gasteiger partial charge in [-0.15, -0.1) is 0 Å². The Balaban J connectivity index is 1.80. The van der Waals surface area contributed by atoms with Crippen molar-refractivity contribution >= 4 is 21.7 Å². The number of rotatable bonds is 3. The van der Waals surface area contributed by atoms with E-state index in [1.807, 2.05) is 37.3 Å². The summed E-state index contributed by atoms with van der Waals surface area (Å²) in [5, 5.41) is 0. The average Bonchev–Trinajstić information content (AvgIpc) is 2.95. The van der Waals surface area contributed by atoms with Crippen LogP contribution in [0.1, 0.15) is 37.7 Å². The summed E-state index contributed by atoms with van der Waals surface area (Å²) >= 11 is 0. The second kappa shape index (κ2) is 6.68. The molecular formula is C21H24N2O3S. The van der Waals surface area contributed by atoms with Crippen molar-refractivity contribution in [3.63, 3.8) is 0 Å². The van der Waals surface area contributed by atoms with E-state index in [-0.39, 0.29) is 4.90 Å². The zero-order valence-corrected chi connectivity index (χ0v) is 16.3. The smallest absolute Gasteiger partial charge is 0.291 e. The van der Waals surface area contributed by atoms with Crippen molar-refractivity contribution in [2.75, 3.05) is 11.4 Å². The second-order valence-electron chi connectivity index (χ2n) is 7.57. The molecule has 4 rings (SSSR count). The molecule has 1 aliphatic heterocycles. The Morgan fingerprint density at radius 3 is 2.15 bits per heavy atom. The zero-order chi connectivity index (χ0) is 19.1. The molecule has 1 saturated heterocycles. The van der Waals surface area contributed by atoms with Crippen molar-refractivity contribution in [1.29, 1.82) is 0 Å². The lowest BCUT2D eigenvalue weighted by Crippen LogP contribution is -2.51. The normalized spacial score (nSPS) is 19.7. The van der Waals surface area contributed by atoms with Crippen LogP contribution in [0.5, 0.6) is 0 Å². The molecule has 1 heterocycles. The Kier molecular flexibility index (Phi) is 4.46. The van der Waals surface area contributed by atoms with Crippen LogP contribution in [0.15, 0.2) is 59.5 Å². The van der Waals surface area contributed by atoms with Crippen LogP contribution in [0.4, 0.5) is 10.5 Å². The Labute approximate surface area is 160 Å². The number of hydrogen-bond donors (Lipinski definition) is 0. The quantitative estimate of drug-likeness (QED) is 0.791. The van der Waals surface area contributed by atoms with Crippen molar-refractivity contribution in [2.24, 2.45) is 0 Å². The third kappa shape index (κ3) is 3.02. The predicted molar refractivity (Wildman–Crippen MR) is 105 cm³/mol. The van der Waals surface area contributed by atoms with Crippen LogP contribution < -0.4 is 4.90 Å². The average molecular weight is 385 g/mol. The first-order valence-corrected chi connectivity index (χ1v) is 10.9. The lowest BCUT2D eigenvalue weighted by Gasteiger charge is -2.38. The van der Waals surface area contributed by atoms with Gasteiger partial charge in [0.05, 0.1) is 17.0 Å². The van der Waals surface area contributed by atoms with Crippen LogP contribution in [0.2, 0.25) is 0 Å². The number of nitrogens with zero attached hydrogens (tertiary/aromatic N) is 2. The van der Waals surface area contributed by atoms with Gasteiger partial charge in [-0.3, -0.25) is 4.90 Å². The predicted octanol–water partition coefficient (Wildman–Crippen LogP) is 4.33. The number of aryl methyl sites for hydroxylation is 1. The molecular weight excluding hydrogens is 360 g/mol. The molecule has 0 aromatic heterocycles. The second-order valence-corrected chi connectivity index (χ2v) is 9.36. The summed E-state index contributed by atoms with van der Waals surface area (Å²) < 4.78 is 28.2. The fourth-order valence-electron chi connectivity index (χ4n) is 4.29. The lowest BCUT2D eigenvalue weighted by molar-refractivity contribution is 0.180. The number of sulfonamides is 1. The molecule has 0 bridgehead atoms. The Hall–Kier alpha value is -2.34. The van der Waals surface area contributed by atoms with Crippen LogP contribution in [-0.4, -0.2) is 30.8 Å². The number of amides is 2. The van der Waals surface area contributed by atoms with Crippen LogP contribution >= 0.6 is 0 Å². The Morgan fingerprint density at radius 2 is 1.52 bits per heavy atom. The maximum Gasteiger partial charge on any atom is 0.339 e. The minimum atomic E-state index is -3.91. The molecule has 2 amide bonds. The Bertz CT molecular complexity index is 933. The maximum absolute atomic E-state index is 13.5. The molecule has 5 nitrogen and oxygen atoms in total. The summed E-state index contributed by atoms with van der Waals surface area (Å²) in [5.41, 5.74) is 1.07. The molecule has 6 heteroatoms. The van der Waals surface area contributed by atoms with Crippen molar-refractivity contribution in [3.05, 3.63) is 60.2 Å². The number of para-hydroxylation sites is 1. The van der Waals surface area contributed by atoms with Crippen LogP contribution in [0.3, 0.4) is 0 Å². The topological polar surface area (TPSA) is 57.7 Å². The number of hydrogen-bond acceptors (Lipinski definition) is 3. The summed E-state index contributed by atoms with van der Waals surface area (Å²) in [6.45, 7) is 2.33. The molecule has 2 fully saturated rings. The molecule has 2 aromatic rings. The van der Waals surface area contributed by atoms with Gasteiger partial charge >= 0.3 is 6.03 Å². The summed E-state index contributed by atoms with van der Waals surface area (Å²) in [6.07, 6.45) is 4.39. The fourth-order valence-corrected chi connectivity index (χ4v) is 6.04. The van der Waals surface area contributed by atoms with Crippen LogP contribution in [0.25, 0.3) is 0 Å². The highest BCUT2D eigenvalue weighted by Crippen LogP contribution is 2.44. The summed E-state index contributed by atoms with van der Waals surface area (Å²) in [5.74, 6) is 0. The molecule has 0 unspecified atom stereocenters. The van der Waals surface area contributed by atoms with E-state index in [1.165, 1.54) is 4.31 Å². The van der Waals surface area contributed by atoms with E-state index in [2.05, 4.69) is 0 Å². The minimum absolute atomic E-state index is 0.182. The molecule has 142 valence electrons. The molecule has 0 atom stereocenters. The third-order valence-electron chi connectivity index (χ3n) is 5.70. The molecule has 1 saturated carbocycles. The van der Waals surface area contributed by atoms with Crippen molar-refractivity contribution in [2.45, 2.75) is 49.5 Å². The van der Waals surface area contributed by atoms with Gasteiger partial charge in [-0.25, -0.2) is 17.5 Å². The summed E-state index contributed by atoms with van der Waals surface area (Å²) in [7, 11) is -3.91. The van der Waals surface area contributed by atoms with E-state index in [1.54, 1.807) is 29.2 Å². The largest absolute Gasteiger partial charge is 0.339 e. The fraction of sp³-hybridized carbons (Fsp3) is 0.381. The SMILES string of the molecule is Cc1ccc(S(=O)(=O)N2C(=O)N(c3ccccc3)CC23CCCCC3)cc1. The van der Waals surface area contributed by atoms with Crippen LogP contribution in [0, 0.1) is 6.92 Å². The number of benzene rings is 2. The van der Waals surface area contributed by atoms with E-state index in [4.69, 9.17) is 0 Å². The highest BCUT2D eigenvalue weighted by atomic mass is 32.2. The van der Waals surface area contributed by atoms with Gasteiger partial charge < -0.3 is 0 Å². The van der Waals surface area contributed by atoms with Crippen molar-refractivity contribution in [1.82, 2.24) is 4.31 Å². The van der Waals surface area contributed by atoms with Gasteiger partial charge in [0, 0.05) is 5.69 Å². The van der Waals surface area contributed by atoms with E-state index in [0.717, 1.165) is 30.5 Å². The van der Waals surface area contributed by atoms with Crippen molar-refractivity contribution < 1.29 is 13.2 Å². The zero-order valence-electron chi connectivity index (χ0n) is 15.5. The first-order valence-electron chi connectivity index (χ1n) is 9.43. The summed E-state index contributed by atoms with van der Waals surface area (Å²) in [4.78, 5) is 15.1. The van der Waals surface area contributed by atoms with Crippen LogP contribution in [-0.2, 0) is 10.0 Å².